The highest BCUT2D eigenvalue weighted by Crippen LogP contribution is 2.19. The topological polar surface area (TPSA) is 29.9 Å². The van der Waals surface area contributed by atoms with E-state index in [1.54, 1.807) is 0 Å². The van der Waals surface area contributed by atoms with Gasteiger partial charge in [0.25, 0.3) is 0 Å². The molecule has 1 aromatic heterocycles. The Labute approximate surface area is 126 Å². The number of hydrogen-bond donors (Lipinski definition) is 1. The van der Waals surface area contributed by atoms with Crippen LogP contribution in [0.2, 0.25) is 5.02 Å². The molecule has 0 bridgehead atoms. The third-order valence-electron chi connectivity index (χ3n) is 3.39. The van der Waals surface area contributed by atoms with Crippen LogP contribution in [0.1, 0.15) is 43.9 Å². The highest BCUT2D eigenvalue weighted by Gasteiger charge is 2.11. The van der Waals surface area contributed by atoms with Gasteiger partial charge in [0, 0.05) is 22.8 Å². The first kappa shape index (κ1) is 15.1. The lowest BCUT2D eigenvalue weighted by Gasteiger charge is -2.14. The summed E-state index contributed by atoms with van der Waals surface area (Å²) in [5.41, 5.74) is 2.34. The number of halogens is 1. The van der Waals surface area contributed by atoms with Gasteiger partial charge in [-0.1, -0.05) is 43.6 Å². The summed E-state index contributed by atoms with van der Waals surface area (Å²) in [6.07, 6.45) is 6.27. The van der Waals surface area contributed by atoms with Crippen molar-refractivity contribution in [3.05, 3.63) is 52.8 Å². The maximum Gasteiger partial charge on any atom is 0.0674 e. The molecular formula is C16H22ClN3. The molecule has 3 nitrogen and oxygen atoms in total. The summed E-state index contributed by atoms with van der Waals surface area (Å²) in [6, 6.07) is 8.29. The van der Waals surface area contributed by atoms with E-state index in [1.807, 2.05) is 35.1 Å². The lowest BCUT2D eigenvalue weighted by molar-refractivity contribution is 0.517. The largest absolute Gasteiger partial charge is 0.310 e. The number of benzene rings is 1. The van der Waals surface area contributed by atoms with Gasteiger partial charge in [-0.05, 0) is 31.0 Å². The van der Waals surface area contributed by atoms with E-state index in [-0.39, 0.29) is 0 Å². The molecule has 0 aliphatic heterocycles. The first-order chi connectivity index (χ1) is 9.74. The summed E-state index contributed by atoms with van der Waals surface area (Å²) in [5, 5.41) is 8.78. The smallest absolute Gasteiger partial charge is 0.0674 e. The van der Waals surface area contributed by atoms with Crippen LogP contribution in [0.4, 0.5) is 0 Å². The van der Waals surface area contributed by atoms with Gasteiger partial charge >= 0.3 is 0 Å². The Kier molecular flexibility index (Phi) is 5.62. The van der Waals surface area contributed by atoms with E-state index < -0.39 is 0 Å². The fraction of sp³-hybridized carbons (Fsp3) is 0.438. The second-order valence-corrected chi connectivity index (χ2v) is 5.38. The van der Waals surface area contributed by atoms with Gasteiger partial charge in [0.1, 0.15) is 0 Å². The molecule has 4 heteroatoms. The fourth-order valence-electron chi connectivity index (χ4n) is 2.26. The van der Waals surface area contributed by atoms with E-state index in [0.717, 1.165) is 30.0 Å². The molecule has 20 heavy (non-hydrogen) atoms. The zero-order valence-electron chi connectivity index (χ0n) is 12.1. The molecule has 0 radical (unpaired) electrons. The molecule has 1 aromatic carbocycles. The Balaban J connectivity index is 2.06. The van der Waals surface area contributed by atoms with Crippen molar-refractivity contribution in [1.29, 1.82) is 0 Å². The molecule has 0 fully saturated rings. The molecule has 2 rings (SSSR count). The number of rotatable bonds is 7. The Bertz CT molecular complexity index is 536. The average Bonchev–Trinajstić information content (AvgIpc) is 2.91. The van der Waals surface area contributed by atoms with Crippen molar-refractivity contribution in [3.8, 4) is 0 Å². The maximum atomic E-state index is 6.19. The molecule has 0 saturated heterocycles. The van der Waals surface area contributed by atoms with Crippen LogP contribution in [0.5, 0.6) is 0 Å². The molecule has 108 valence electrons. The highest BCUT2D eigenvalue weighted by molar-refractivity contribution is 6.31. The number of nitrogens with one attached hydrogen (secondary N) is 1. The maximum absolute atomic E-state index is 6.19. The number of hydrogen-bond acceptors (Lipinski definition) is 2. The third kappa shape index (κ3) is 3.84. The predicted octanol–water partition coefficient (Wildman–Crippen LogP) is 4.04. The zero-order chi connectivity index (χ0) is 14.4. The van der Waals surface area contributed by atoms with E-state index in [9.17, 15) is 0 Å². The monoisotopic (exact) mass is 291 g/mol. The third-order valence-corrected chi connectivity index (χ3v) is 3.76. The minimum absolute atomic E-state index is 0.384. The average molecular weight is 292 g/mol. The molecule has 1 atom stereocenters. The summed E-state index contributed by atoms with van der Waals surface area (Å²) >= 11 is 6.19. The lowest BCUT2D eigenvalue weighted by atomic mass is 10.1. The van der Waals surface area contributed by atoms with Crippen molar-refractivity contribution >= 4 is 11.6 Å². The predicted molar refractivity (Wildman–Crippen MR) is 84.1 cm³/mol. The first-order valence-electron chi connectivity index (χ1n) is 7.23. The number of nitrogens with zero attached hydrogens (tertiary/aromatic N) is 2. The molecule has 0 saturated carbocycles. The first-order valence-corrected chi connectivity index (χ1v) is 7.61. The Morgan fingerprint density at radius 1 is 1.30 bits per heavy atom. The minimum atomic E-state index is 0.384. The van der Waals surface area contributed by atoms with Crippen molar-refractivity contribution in [2.75, 3.05) is 6.54 Å². The molecular weight excluding hydrogens is 270 g/mol. The fourth-order valence-corrected chi connectivity index (χ4v) is 2.46. The van der Waals surface area contributed by atoms with Gasteiger partial charge in [-0.15, -0.1) is 0 Å². The molecule has 0 spiro atoms. The minimum Gasteiger partial charge on any atom is -0.310 e. The Morgan fingerprint density at radius 2 is 2.10 bits per heavy atom. The van der Waals surface area contributed by atoms with E-state index in [4.69, 9.17) is 11.6 Å². The zero-order valence-corrected chi connectivity index (χ0v) is 12.9. The van der Waals surface area contributed by atoms with Gasteiger partial charge in [0.15, 0.2) is 0 Å². The van der Waals surface area contributed by atoms with Crippen LogP contribution in [0, 0.1) is 0 Å². The Morgan fingerprint density at radius 3 is 2.80 bits per heavy atom. The molecule has 0 aliphatic rings. The van der Waals surface area contributed by atoms with Crippen molar-refractivity contribution < 1.29 is 0 Å². The summed E-state index contributed by atoms with van der Waals surface area (Å²) in [5.74, 6) is 0. The van der Waals surface area contributed by atoms with Crippen molar-refractivity contribution in [3.63, 3.8) is 0 Å². The second kappa shape index (κ2) is 7.46. The summed E-state index contributed by atoms with van der Waals surface area (Å²) in [7, 11) is 0. The van der Waals surface area contributed by atoms with Crippen LogP contribution in [-0.4, -0.2) is 16.3 Å². The molecule has 2 aromatic rings. The van der Waals surface area contributed by atoms with Gasteiger partial charge in [0.2, 0.25) is 0 Å². The van der Waals surface area contributed by atoms with E-state index >= 15 is 0 Å². The van der Waals surface area contributed by atoms with Crippen LogP contribution in [0.25, 0.3) is 0 Å². The van der Waals surface area contributed by atoms with Gasteiger partial charge in [0.05, 0.1) is 12.7 Å². The molecule has 0 aliphatic carbocycles. The van der Waals surface area contributed by atoms with Gasteiger partial charge in [-0.2, -0.15) is 5.10 Å². The van der Waals surface area contributed by atoms with Crippen LogP contribution < -0.4 is 5.32 Å². The van der Waals surface area contributed by atoms with Gasteiger partial charge in [-0.25, -0.2) is 0 Å². The molecule has 1 unspecified atom stereocenters. The van der Waals surface area contributed by atoms with Crippen molar-refractivity contribution in [1.82, 2.24) is 15.1 Å². The second-order valence-electron chi connectivity index (χ2n) is 4.98. The lowest BCUT2D eigenvalue weighted by Crippen LogP contribution is -2.21. The van der Waals surface area contributed by atoms with Crippen LogP contribution >= 0.6 is 11.6 Å². The van der Waals surface area contributed by atoms with E-state index in [0.29, 0.717) is 12.6 Å². The quantitative estimate of drug-likeness (QED) is 0.834. The molecule has 1 N–H and O–H groups in total. The van der Waals surface area contributed by atoms with Crippen LogP contribution in [-0.2, 0) is 6.54 Å². The standard InChI is InChI=1S/C16H22ClN3/c1-3-9-18-16(4-2)14-10-19-20(12-14)11-13-7-5-6-8-15(13)17/h5-8,10,12,16,18H,3-4,9,11H2,1-2H3. The van der Waals surface area contributed by atoms with Crippen molar-refractivity contribution in [2.24, 2.45) is 0 Å². The van der Waals surface area contributed by atoms with Crippen LogP contribution in [0.15, 0.2) is 36.7 Å². The Hall–Kier alpha value is -1.32. The summed E-state index contributed by atoms with van der Waals surface area (Å²) in [4.78, 5) is 0. The summed E-state index contributed by atoms with van der Waals surface area (Å²) in [6.45, 7) is 6.12. The van der Waals surface area contributed by atoms with Gasteiger partial charge < -0.3 is 5.32 Å². The summed E-state index contributed by atoms with van der Waals surface area (Å²) < 4.78 is 1.95. The highest BCUT2D eigenvalue weighted by atomic mass is 35.5. The van der Waals surface area contributed by atoms with Crippen LogP contribution in [0.3, 0.4) is 0 Å². The van der Waals surface area contributed by atoms with E-state index in [1.165, 1.54) is 5.56 Å². The SMILES string of the molecule is CCCNC(CC)c1cnn(Cc2ccccc2Cl)c1. The van der Waals surface area contributed by atoms with Gasteiger partial charge in [-0.3, -0.25) is 4.68 Å². The van der Waals surface area contributed by atoms with E-state index in [2.05, 4.69) is 30.5 Å². The van der Waals surface area contributed by atoms with Crippen molar-refractivity contribution in [2.45, 2.75) is 39.3 Å². The normalized spacial score (nSPS) is 12.6. The molecule has 1 heterocycles. The number of aromatic nitrogens is 2. The molecule has 0 amide bonds.